The van der Waals surface area contributed by atoms with Crippen LogP contribution in [0.5, 0.6) is 0 Å². The SMILES string of the molecule is CN(Cc1cccc2ccccc12)c1ccc(C(C)(C)C)cc1.Cl. The van der Waals surface area contributed by atoms with Gasteiger partial charge in [0, 0.05) is 19.3 Å². The summed E-state index contributed by atoms with van der Waals surface area (Å²) in [5.74, 6) is 0. The number of nitrogens with zero attached hydrogens (tertiary/aromatic N) is 1. The second kappa shape index (κ2) is 7.27. The third kappa shape index (κ3) is 3.91. The molecule has 0 aliphatic carbocycles. The standard InChI is InChI=1S/C22H25N.ClH/c1-22(2,3)19-12-14-20(15-13-19)23(4)16-18-10-7-9-17-8-5-6-11-21(17)18;/h5-15H,16H2,1-4H3;1H. The Morgan fingerprint density at radius 2 is 1.42 bits per heavy atom. The van der Waals surface area contributed by atoms with Crippen LogP contribution in [0.3, 0.4) is 0 Å². The van der Waals surface area contributed by atoms with Crippen LogP contribution in [-0.4, -0.2) is 7.05 Å². The van der Waals surface area contributed by atoms with Crippen molar-refractivity contribution in [2.24, 2.45) is 0 Å². The topological polar surface area (TPSA) is 3.24 Å². The first-order valence-electron chi connectivity index (χ1n) is 8.23. The van der Waals surface area contributed by atoms with Gasteiger partial charge in [0.2, 0.25) is 0 Å². The maximum absolute atomic E-state index is 2.31. The number of hydrogen-bond donors (Lipinski definition) is 0. The third-order valence-corrected chi connectivity index (χ3v) is 4.46. The summed E-state index contributed by atoms with van der Waals surface area (Å²) in [6.07, 6.45) is 0. The Kier molecular flexibility index (Phi) is 5.56. The molecule has 0 atom stereocenters. The van der Waals surface area contributed by atoms with E-state index in [0.717, 1.165) is 6.54 Å². The minimum absolute atomic E-state index is 0. The Morgan fingerprint density at radius 3 is 2.08 bits per heavy atom. The molecule has 0 unspecified atom stereocenters. The molecule has 0 aliphatic rings. The lowest BCUT2D eigenvalue weighted by Crippen LogP contribution is -2.17. The van der Waals surface area contributed by atoms with Gasteiger partial charge >= 0.3 is 0 Å². The maximum Gasteiger partial charge on any atom is 0.0432 e. The van der Waals surface area contributed by atoms with Crippen molar-refractivity contribution in [1.82, 2.24) is 0 Å². The summed E-state index contributed by atoms with van der Waals surface area (Å²) in [5, 5.41) is 2.65. The monoisotopic (exact) mass is 339 g/mol. The number of hydrogen-bond acceptors (Lipinski definition) is 1. The first kappa shape index (κ1) is 18.4. The Hall–Kier alpha value is -1.99. The fourth-order valence-electron chi connectivity index (χ4n) is 2.99. The van der Waals surface area contributed by atoms with Crippen LogP contribution >= 0.6 is 12.4 Å². The fraction of sp³-hybridized carbons (Fsp3) is 0.273. The first-order valence-corrected chi connectivity index (χ1v) is 8.23. The lowest BCUT2D eigenvalue weighted by molar-refractivity contribution is 0.590. The van der Waals surface area contributed by atoms with Gasteiger partial charge < -0.3 is 4.90 Å². The Balaban J connectivity index is 0.00000208. The summed E-state index contributed by atoms with van der Waals surface area (Å²) in [7, 11) is 2.16. The largest absolute Gasteiger partial charge is 0.370 e. The summed E-state index contributed by atoms with van der Waals surface area (Å²) in [6.45, 7) is 7.67. The van der Waals surface area contributed by atoms with Gasteiger partial charge in [-0.3, -0.25) is 0 Å². The van der Waals surface area contributed by atoms with E-state index < -0.39 is 0 Å². The van der Waals surface area contributed by atoms with E-state index in [4.69, 9.17) is 0 Å². The molecule has 0 N–H and O–H groups in total. The Labute approximate surface area is 151 Å². The zero-order valence-corrected chi connectivity index (χ0v) is 15.7. The molecule has 24 heavy (non-hydrogen) atoms. The van der Waals surface area contributed by atoms with Crippen molar-refractivity contribution in [2.45, 2.75) is 32.7 Å². The zero-order valence-electron chi connectivity index (χ0n) is 14.9. The van der Waals surface area contributed by atoms with E-state index in [2.05, 4.69) is 99.4 Å². The molecule has 0 saturated heterocycles. The number of benzene rings is 3. The molecule has 3 rings (SSSR count). The summed E-state index contributed by atoms with van der Waals surface area (Å²) < 4.78 is 0. The molecule has 2 heteroatoms. The van der Waals surface area contributed by atoms with E-state index in [1.165, 1.54) is 27.6 Å². The lowest BCUT2D eigenvalue weighted by atomic mass is 9.87. The number of halogens is 1. The average Bonchev–Trinajstić information content (AvgIpc) is 2.54. The molecule has 3 aromatic rings. The summed E-state index contributed by atoms with van der Waals surface area (Å²) in [5.41, 5.74) is 4.20. The number of rotatable bonds is 3. The van der Waals surface area contributed by atoms with Crippen molar-refractivity contribution in [1.29, 1.82) is 0 Å². The molecule has 0 saturated carbocycles. The molecular weight excluding hydrogens is 314 g/mol. The van der Waals surface area contributed by atoms with E-state index in [-0.39, 0.29) is 17.8 Å². The van der Waals surface area contributed by atoms with Gasteiger partial charge in [0.05, 0.1) is 0 Å². The van der Waals surface area contributed by atoms with Gasteiger partial charge in [0.15, 0.2) is 0 Å². The molecule has 0 spiro atoms. The van der Waals surface area contributed by atoms with Crippen molar-refractivity contribution < 1.29 is 0 Å². The molecule has 0 heterocycles. The minimum Gasteiger partial charge on any atom is -0.370 e. The van der Waals surface area contributed by atoms with Gasteiger partial charge in [-0.1, -0.05) is 75.4 Å². The molecule has 0 aromatic heterocycles. The highest BCUT2D eigenvalue weighted by Crippen LogP contribution is 2.26. The van der Waals surface area contributed by atoms with Gasteiger partial charge in [-0.05, 0) is 39.4 Å². The van der Waals surface area contributed by atoms with Crippen LogP contribution in [0.2, 0.25) is 0 Å². The second-order valence-corrected chi connectivity index (χ2v) is 7.29. The minimum atomic E-state index is 0. The van der Waals surface area contributed by atoms with Crippen molar-refractivity contribution in [3.63, 3.8) is 0 Å². The highest BCUT2D eigenvalue weighted by Gasteiger charge is 2.13. The number of anilines is 1. The van der Waals surface area contributed by atoms with Crippen LogP contribution in [-0.2, 0) is 12.0 Å². The van der Waals surface area contributed by atoms with E-state index in [1.54, 1.807) is 0 Å². The predicted molar refractivity (Wildman–Crippen MR) is 108 cm³/mol. The van der Waals surface area contributed by atoms with E-state index in [0.29, 0.717) is 0 Å². The van der Waals surface area contributed by atoms with Gasteiger partial charge in [-0.15, -0.1) is 12.4 Å². The van der Waals surface area contributed by atoms with Crippen LogP contribution in [0.25, 0.3) is 10.8 Å². The lowest BCUT2D eigenvalue weighted by Gasteiger charge is -2.23. The van der Waals surface area contributed by atoms with Crippen molar-refractivity contribution in [3.05, 3.63) is 77.9 Å². The van der Waals surface area contributed by atoms with Gasteiger partial charge in [0.1, 0.15) is 0 Å². The molecule has 3 aromatic carbocycles. The van der Waals surface area contributed by atoms with Crippen LogP contribution in [0.15, 0.2) is 66.7 Å². The molecule has 0 bridgehead atoms. The van der Waals surface area contributed by atoms with Gasteiger partial charge in [-0.2, -0.15) is 0 Å². The van der Waals surface area contributed by atoms with Crippen molar-refractivity contribution in [3.8, 4) is 0 Å². The second-order valence-electron chi connectivity index (χ2n) is 7.29. The highest BCUT2D eigenvalue weighted by molar-refractivity contribution is 5.86. The van der Waals surface area contributed by atoms with Crippen LogP contribution in [0.1, 0.15) is 31.9 Å². The maximum atomic E-state index is 2.31. The summed E-state index contributed by atoms with van der Waals surface area (Å²) in [6, 6.07) is 24.1. The molecule has 0 aliphatic heterocycles. The number of fused-ring (bicyclic) bond motifs is 1. The average molecular weight is 340 g/mol. The zero-order chi connectivity index (χ0) is 16.4. The van der Waals surface area contributed by atoms with E-state index >= 15 is 0 Å². The normalized spacial score (nSPS) is 11.2. The fourth-order valence-corrected chi connectivity index (χ4v) is 2.99. The molecule has 126 valence electrons. The van der Waals surface area contributed by atoms with Gasteiger partial charge in [-0.25, -0.2) is 0 Å². The predicted octanol–water partition coefficient (Wildman–Crippen LogP) is 6.20. The van der Waals surface area contributed by atoms with E-state index in [1.807, 2.05) is 0 Å². The van der Waals surface area contributed by atoms with Crippen LogP contribution in [0, 0.1) is 0 Å². The molecule has 0 amide bonds. The molecule has 0 fully saturated rings. The van der Waals surface area contributed by atoms with Crippen molar-refractivity contribution >= 4 is 28.9 Å². The first-order chi connectivity index (χ1) is 10.9. The van der Waals surface area contributed by atoms with Crippen LogP contribution < -0.4 is 4.90 Å². The molecular formula is C22H26ClN. The third-order valence-electron chi connectivity index (χ3n) is 4.46. The summed E-state index contributed by atoms with van der Waals surface area (Å²) >= 11 is 0. The molecule has 0 radical (unpaired) electrons. The van der Waals surface area contributed by atoms with Crippen molar-refractivity contribution in [2.75, 3.05) is 11.9 Å². The quantitative estimate of drug-likeness (QED) is 0.549. The Morgan fingerprint density at radius 1 is 0.792 bits per heavy atom. The van der Waals surface area contributed by atoms with Gasteiger partial charge in [0.25, 0.3) is 0 Å². The highest BCUT2D eigenvalue weighted by atomic mass is 35.5. The van der Waals surface area contributed by atoms with E-state index in [9.17, 15) is 0 Å². The smallest absolute Gasteiger partial charge is 0.0432 e. The summed E-state index contributed by atoms with van der Waals surface area (Å²) in [4.78, 5) is 2.31. The Bertz CT molecular complexity index is 795. The van der Waals surface area contributed by atoms with Crippen LogP contribution in [0.4, 0.5) is 5.69 Å². The molecule has 1 nitrogen and oxygen atoms in total.